The van der Waals surface area contributed by atoms with Crippen molar-refractivity contribution in [3.63, 3.8) is 0 Å². The van der Waals surface area contributed by atoms with E-state index >= 15 is 0 Å². The molecule has 0 saturated carbocycles. The summed E-state index contributed by atoms with van der Waals surface area (Å²) in [6, 6.07) is 6.49. The smallest absolute Gasteiger partial charge is 0.432 e. The Kier molecular flexibility index (Phi) is 6.19. The fourth-order valence-electron chi connectivity index (χ4n) is 3.90. The van der Waals surface area contributed by atoms with Crippen LogP contribution in [0, 0.1) is 33.5 Å². The van der Waals surface area contributed by atoms with Gasteiger partial charge in [0.05, 0.1) is 13.2 Å². The molecule has 2 atom stereocenters. The monoisotopic (exact) mass is 481 g/mol. The molecule has 0 N–H and O–H groups in total. The molecule has 4 rings (SSSR count). The molecule has 0 saturated heterocycles. The summed E-state index contributed by atoms with van der Waals surface area (Å²) in [5, 5.41) is 16.2. The van der Waals surface area contributed by atoms with Crippen LogP contribution in [0.3, 0.4) is 0 Å². The fraction of sp³-hybridized carbons (Fsp3) is 0.333. The summed E-state index contributed by atoms with van der Waals surface area (Å²) in [7, 11) is 0. The lowest BCUT2D eigenvalue weighted by molar-refractivity contribution is -0.482. The molecule has 0 bridgehead atoms. The molecule has 1 spiro atoms. The Bertz CT molecular complexity index is 1150. The number of ether oxygens (including phenoxy) is 2. The molecular weight excluding hydrogens is 463 g/mol. The molecule has 174 valence electrons. The van der Waals surface area contributed by atoms with Crippen molar-refractivity contribution in [2.75, 3.05) is 19.8 Å². The fourth-order valence-corrected chi connectivity index (χ4v) is 5.41. The van der Waals surface area contributed by atoms with Crippen LogP contribution in [0.1, 0.15) is 24.5 Å². The number of carbonyl (C=O) groups is 1. The predicted molar refractivity (Wildman–Crippen MR) is 113 cm³/mol. The van der Waals surface area contributed by atoms with Gasteiger partial charge in [0.2, 0.25) is 6.54 Å². The SMILES string of the molecule is CCOC(=O)N1N=C(c2cc(F)ccc2F)SC12c1cc(F)ccc1OCC2CC[N+](=O)[O-]. The molecule has 2 aromatic rings. The maximum atomic E-state index is 14.6. The molecule has 33 heavy (non-hydrogen) atoms. The standard InChI is InChI=1S/C21H18F3N3O5S/c1-2-31-20(28)27-21(33-19(25-27)15-9-13(22)3-5-17(15)24)12(7-8-26(29)30)11-32-18-6-4-14(23)10-16(18)21/h3-6,9-10,12H,2,7-8,11H2,1H3. The van der Waals surface area contributed by atoms with E-state index in [9.17, 15) is 28.1 Å². The Hall–Kier alpha value is -3.28. The van der Waals surface area contributed by atoms with Crippen LogP contribution in [0.2, 0.25) is 0 Å². The second-order valence-electron chi connectivity index (χ2n) is 7.33. The first-order valence-electron chi connectivity index (χ1n) is 10.0. The minimum absolute atomic E-state index is 0.0126. The maximum absolute atomic E-state index is 14.6. The van der Waals surface area contributed by atoms with Crippen molar-refractivity contribution >= 4 is 22.9 Å². The minimum Gasteiger partial charge on any atom is -0.493 e. The lowest BCUT2D eigenvalue weighted by Crippen LogP contribution is -2.51. The predicted octanol–water partition coefficient (Wildman–Crippen LogP) is 4.50. The quantitative estimate of drug-likeness (QED) is 0.461. The molecule has 2 aliphatic rings. The second kappa shape index (κ2) is 8.93. The van der Waals surface area contributed by atoms with Crippen LogP contribution < -0.4 is 4.74 Å². The van der Waals surface area contributed by atoms with Crippen molar-refractivity contribution in [1.29, 1.82) is 0 Å². The molecule has 0 aliphatic carbocycles. The number of hydrogen-bond acceptors (Lipinski definition) is 7. The third-order valence-electron chi connectivity index (χ3n) is 5.34. The number of amides is 1. The Morgan fingerprint density at radius 2 is 2.03 bits per heavy atom. The highest BCUT2D eigenvalue weighted by molar-refractivity contribution is 8.15. The highest BCUT2D eigenvalue weighted by Crippen LogP contribution is 2.57. The molecule has 0 aromatic heterocycles. The first kappa shape index (κ1) is 22.9. The number of rotatable bonds is 5. The molecule has 0 fully saturated rings. The molecule has 0 radical (unpaired) electrons. The van der Waals surface area contributed by atoms with E-state index in [0.29, 0.717) is 0 Å². The lowest BCUT2D eigenvalue weighted by Gasteiger charge is -2.44. The van der Waals surface area contributed by atoms with E-state index < -0.39 is 45.8 Å². The van der Waals surface area contributed by atoms with Crippen LogP contribution in [0.25, 0.3) is 0 Å². The molecule has 2 heterocycles. The third kappa shape index (κ3) is 4.10. The molecular formula is C21H18F3N3O5S. The Morgan fingerprint density at radius 3 is 2.76 bits per heavy atom. The van der Waals surface area contributed by atoms with Crippen LogP contribution in [0.5, 0.6) is 5.75 Å². The van der Waals surface area contributed by atoms with Crippen LogP contribution in [0.4, 0.5) is 18.0 Å². The normalized spacial score (nSPS) is 21.4. The number of fused-ring (bicyclic) bond motifs is 2. The van der Waals surface area contributed by atoms with Gasteiger partial charge in [-0.05, 0) is 43.3 Å². The van der Waals surface area contributed by atoms with Gasteiger partial charge in [0, 0.05) is 28.4 Å². The third-order valence-corrected chi connectivity index (χ3v) is 6.87. The van der Waals surface area contributed by atoms with Gasteiger partial charge in [-0.2, -0.15) is 10.1 Å². The Labute approximate surface area is 190 Å². The van der Waals surface area contributed by atoms with Crippen molar-refractivity contribution < 1.29 is 32.4 Å². The highest BCUT2D eigenvalue weighted by Gasteiger charge is 2.58. The van der Waals surface area contributed by atoms with Gasteiger partial charge in [-0.1, -0.05) is 11.8 Å². The summed E-state index contributed by atoms with van der Waals surface area (Å²) in [5.74, 6) is -2.64. The van der Waals surface area contributed by atoms with E-state index in [-0.39, 0.29) is 41.6 Å². The number of hydrogen-bond donors (Lipinski definition) is 0. The number of benzene rings is 2. The summed E-state index contributed by atoms with van der Waals surface area (Å²) in [4.78, 5) is 22.0. The molecule has 2 unspecified atom stereocenters. The lowest BCUT2D eigenvalue weighted by atomic mass is 9.86. The van der Waals surface area contributed by atoms with Gasteiger partial charge in [-0.3, -0.25) is 10.1 Å². The number of thioether (sulfide) groups is 1. The summed E-state index contributed by atoms with van der Waals surface area (Å²) < 4.78 is 53.7. The molecule has 8 nitrogen and oxygen atoms in total. The number of carbonyl (C=O) groups excluding carboxylic acids is 1. The van der Waals surface area contributed by atoms with E-state index in [1.807, 2.05) is 0 Å². The minimum atomic E-state index is -1.54. The van der Waals surface area contributed by atoms with Crippen molar-refractivity contribution in [1.82, 2.24) is 5.01 Å². The van der Waals surface area contributed by atoms with Gasteiger partial charge >= 0.3 is 6.09 Å². The van der Waals surface area contributed by atoms with Gasteiger partial charge in [-0.15, -0.1) is 0 Å². The molecule has 1 amide bonds. The van der Waals surface area contributed by atoms with Crippen LogP contribution in [0.15, 0.2) is 41.5 Å². The summed E-state index contributed by atoms with van der Waals surface area (Å²) >= 11 is 0.883. The number of halogens is 3. The number of nitro groups is 1. The molecule has 12 heteroatoms. The van der Waals surface area contributed by atoms with Crippen LogP contribution >= 0.6 is 11.8 Å². The van der Waals surface area contributed by atoms with Crippen LogP contribution in [-0.2, 0) is 9.61 Å². The summed E-state index contributed by atoms with van der Waals surface area (Å²) in [6.07, 6.45) is -0.972. The molecule has 2 aromatic carbocycles. The van der Waals surface area contributed by atoms with E-state index in [1.54, 1.807) is 6.92 Å². The topological polar surface area (TPSA) is 94.3 Å². The Balaban J connectivity index is 1.91. The zero-order valence-electron chi connectivity index (χ0n) is 17.3. The summed E-state index contributed by atoms with van der Waals surface area (Å²) in [5.41, 5.74) is -0.0145. The first-order chi connectivity index (χ1) is 15.8. The van der Waals surface area contributed by atoms with Gasteiger partial charge in [-0.25, -0.2) is 18.0 Å². The van der Waals surface area contributed by atoms with E-state index in [2.05, 4.69) is 5.10 Å². The molecule has 2 aliphatic heterocycles. The highest BCUT2D eigenvalue weighted by atomic mass is 32.2. The average Bonchev–Trinajstić information content (AvgIpc) is 3.16. The maximum Gasteiger partial charge on any atom is 0.432 e. The van der Waals surface area contributed by atoms with Gasteiger partial charge in [0.15, 0.2) is 4.87 Å². The first-order valence-corrected chi connectivity index (χ1v) is 10.8. The van der Waals surface area contributed by atoms with Gasteiger partial charge < -0.3 is 9.47 Å². The van der Waals surface area contributed by atoms with Crippen molar-refractivity contribution in [2.24, 2.45) is 11.0 Å². The van der Waals surface area contributed by atoms with Crippen molar-refractivity contribution in [3.8, 4) is 5.75 Å². The number of nitrogens with zero attached hydrogens (tertiary/aromatic N) is 3. The van der Waals surface area contributed by atoms with E-state index in [0.717, 1.165) is 41.0 Å². The van der Waals surface area contributed by atoms with E-state index in [1.165, 1.54) is 12.1 Å². The second-order valence-corrected chi connectivity index (χ2v) is 8.55. The summed E-state index contributed by atoms with van der Waals surface area (Å²) in [6.45, 7) is 1.05. The largest absolute Gasteiger partial charge is 0.493 e. The number of hydrazone groups is 1. The van der Waals surface area contributed by atoms with Crippen molar-refractivity contribution in [3.05, 3.63) is 75.1 Å². The zero-order chi connectivity index (χ0) is 23.8. The zero-order valence-corrected chi connectivity index (χ0v) is 18.1. The van der Waals surface area contributed by atoms with Gasteiger partial charge in [0.25, 0.3) is 0 Å². The van der Waals surface area contributed by atoms with Gasteiger partial charge in [0.1, 0.15) is 28.2 Å². The van der Waals surface area contributed by atoms with Crippen LogP contribution in [-0.4, -0.2) is 40.8 Å². The van der Waals surface area contributed by atoms with E-state index in [4.69, 9.17) is 9.47 Å². The van der Waals surface area contributed by atoms with Crippen molar-refractivity contribution in [2.45, 2.75) is 18.2 Å². The average molecular weight is 481 g/mol. The Morgan fingerprint density at radius 1 is 1.30 bits per heavy atom.